The van der Waals surface area contributed by atoms with E-state index < -0.39 is 17.9 Å². The van der Waals surface area contributed by atoms with Crippen LogP contribution in [0.1, 0.15) is 35.4 Å². The van der Waals surface area contributed by atoms with E-state index in [1.54, 1.807) is 36.5 Å². The Kier molecular flexibility index (Phi) is 5.11. The van der Waals surface area contributed by atoms with E-state index in [0.717, 1.165) is 0 Å². The molecule has 138 valence electrons. The number of fused-ring (bicyclic) bond motifs is 1. The van der Waals surface area contributed by atoms with Gasteiger partial charge in [-0.2, -0.15) is 0 Å². The normalized spacial score (nSPS) is 11.7. The van der Waals surface area contributed by atoms with Crippen molar-refractivity contribution in [2.24, 2.45) is 0 Å². The topological polar surface area (TPSA) is 137 Å². The van der Waals surface area contributed by atoms with Crippen molar-refractivity contribution in [2.75, 3.05) is 5.32 Å². The van der Waals surface area contributed by atoms with Gasteiger partial charge in [-0.1, -0.05) is 12.1 Å². The Bertz CT molecular complexity index is 1010. The number of aromatic nitrogens is 3. The molecular formula is C18H17N5O4. The van der Waals surface area contributed by atoms with Gasteiger partial charge in [-0.25, -0.2) is 9.97 Å². The first-order valence-electron chi connectivity index (χ1n) is 8.12. The van der Waals surface area contributed by atoms with Gasteiger partial charge in [0.1, 0.15) is 17.7 Å². The number of aromatic amines is 1. The molecule has 0 radical (unpaired) electrons. The van der Waals surface area contributed by atoms with E-state index in [1.165, 1.54) is 13.3 Å². The highest BCUT2D eigenvalue weighted by Crippen LogP contribution is 2.22. The first-order valence-corrected chi connectivity index (χ1v) is 8.12. The summed E-state index contributed by atoms with van der Waals surface area (Å²) < 4.78 is 0. The highest BCUT2D eigenvalue weighted by Gasteiger charge is 2.21. The quantitative estimate of drug-likeness (QED) is 0.525. The zero-order valence-electron chi connectivity index (χ0n) is 14.4. The molecule has 2 heterocycles. The van der Waals surface area contributed by atoms with Gasteiger partial charge >= 0.3 is 5.97 Å². The average Bonchev–Trinajstić information content (AvgIpc) is 3.09. The molecule has 0 fully saturated rings. The van der Waals surface area contributed by atoms with Gasteiger partial charge in [-0.3, -0.25) is 14.4 Å². The molecule has 1 atom stereocenters. The number of anilines is 1. The summed E-state index contributed by atoms with van der Waals surface area (Å²) in [6, 6.07) is 7.54. The molecule has 0 aliphatic rings. The number of amides is 2. The van der Waals surface area contributed by atoms with Gasteiger partial charge in [0, 0.05) is 18.8 Å². The number of nitrogens with one attached hydrogen (secondary N) is 3. The predicted octanol–water partition coefficient (Wildman–Crippen LogP) is 1.86. The molecule has 2 aromatic heterocycles. The number of carboxylic acid groups (broad SMARTS) is 1. The lowest BCUT2D eigenvalue weighted by Gasteiger charge is -2.18. The van der Waals surface area contributed by atoms with Gasteiger partial charge in [-0.15, -0.1) is 0 Å². The first-order chi connectivity index (χ1) is 12.9. The molecule has 0 aliphatic carbocycles. The highest BCUT2D eigenvalue weighted by molar-refractivity contribution is 6.03. The SMILES string of the molecule is CC(=O)Nc1cccc([C@@H](CC(=O)O)NC(=O)c2ncnc3[nH]ccc23)c1. The zero-order valence-corrected chi connectivity index (χ0v) is 14.4. The van der Waals surface area contributed by atoms with Crippen LogP contribution in [0.25, 0.3) is 11.0 Å². The van der Waals surface area contributed by atoms with Crippen LogP contribution in [-0.4, -0.2) is 37.8 Å². The fourth-order valence-electron chi connectivity index (χ4n) is 2.74. The van der Waals surface area contributed by atoms with Crippen LogP contribution >= 0.6 is 0 Å². The number of carbonyl (C=O) groups is 3. The van der Waals surface area contributed by atoms with Crippen molar-refractivity contribution in [3.63, 3.8) is 0 Å². The molecule has 2 amide bonds. The van der Waals surface area contributed by atoms with Gasteiger partial charge in [0.05, 0.1) is 17.8 Å². The van der Waals surface area contributed by atoms with Crippen LogP contribution in [0.2, 0.25) is 0 Å². The second kappa shape index (κ2) is 7.65. The molecule has 0 unspecified atom stereocenters. The van der Waals surface area contributed by atoms with Gasteiger partial charge in [0.25, 0.3) is 5.91 Å². The predicted molar refractivity (Wildman–Crippen MR) is 97.1 cm³/mol. The molecule has 0 aliphatic heterocycles. The molecule has 27 heavy (non-hydrogen) atoms. The molecule has 3 aromatic rings. The molecule has 4 N–H and O–H groups in total. The van der Waals surface area contributed by atoms with Crippen LogP contribution < -0.4 is 10.6 Å². The maximum Gasteiger partial charge on any atom is 0.305 e. The summed E-state index contributed by atoms with van der Waals surface area (Å²) in [4.78, 5) is 46.2. The second-order valence-electron chi connectivity index (χ2n) is 5.89. The summed E-state index contributed by atoms with van der Waals surface area (Å²) in [6.45, 7) is 1.38. The number of benzene rings is 1. The molecule has 0 spiro atoms. The van der Waals surface area contributed by atoms with Crippen LogP contribution in [0.15, 0.2) is 42.9 Å². The molecule has 0 bridgehead atoms. The van der Waals surface area contributed by atoms with E-state index in [9.17, 15) is 19.5 Å². The number of rotatable bonds is 6. The van der Waals surface area contributed by atoms with Gasteiger partial charge < -0.3 is 20.7 Å². The molecule has 9 nitrogen and oxygen atoms in total. The lowest BCUT2D eigenvalue weighted by molar-refractivity contribution is -0.137. The third kappa shape index (κ3) is 4.27. The monoisotopic (exact) mass is 367 g/mol. The third-order valence-electron chi connectivity index (χ3n) is 3.86. The number of hydrogen-bond donors (Lipinski definition) is 4. The molecular weight excluding hydrogens is 350 g/mol. The van der Waals surface area contributed by atoms with Crippen molar-refractivity contribution in [1.29, 1.82) is 0 Å². The third-order valence-corrected chi connectivity index (χ3v) is 3.86. The maximum atomic E-state index is 12.7. The fraction of sp³-hybridized carbons (Fsp3) is 0.167. The number of aliphatic carboxylic acids is 1. The first kappa shape index (κ1) is 18.1. The van der Waals surface area contributed by atoms with Crippen molar-refractivity contribution >= 4 is 34.5 Å². The number of nitrogens with zero attached hydrogens (tertiary/aromatic N) is 2. The van der Waals surface area contributed by atoms with Crippen LogP contribution in [0.3, 0.4) is 0 Å². The summed E-state index contributed by atoms with van der Waals surface area (Å²) in [7, 11) is 0. The Balaban J connectivity index is 1.89. The Morgan fingerprint density at radius 2 is 2.04 bits per heavy atom. The van der Waals surface area contributed by atoms with Crippen molar-refractivity contribution in [2.45, 2.75) is 19.4 Å². The smallest absolute Gasteiger partial charge is 0.305 e. The van der Waals surface area contributed by atoms with Crippen LogP contribution in [0.5, 0.6) is 0 Å². The summed E-state index contributed by atoms with van der Waals surface area (Å²) >= 11 is 0. The van der Waals surface area contributed by atoms with E-state index in [2.05, 4.69) is 25.6 Å². The van der Waals surface area contributed by atoms with Crippen LogP contribution in [0.4, 0.5) is 5.69 Å². The number of H-pyrrole nitrogens is 1. The van der Waals surface area contributed by atoms with Crippen molar-refractivity contribution in [1.82, 2.24) is 20.3 Å². The molecule has 9 heteroatoms. The van der Waals surface area contributed by atoms with E-state index in [4.69, 9.17) is 0 Å². The lowest BCUT2D eigenvalue weighted by atomic mass is 10.0. The summed E-state index contributed by atoms with van der Waals surface area (Å²) in [5.74, 6) is -1.83. The minimum Gasteiger partial charge on any atom is -0.481 e. The summed E-state index contributed by atoms with van der Waals surface area (Å²) in [6.07, 6.45) is 2.58. The number of carboxylic acids is 1. The van der Waals surface area contributed by atoms with E-state index in [1.807, 2.05) is 0 Å². The Hall–Kier alpha value is -3.75. The maximum absolute atomic E-state index is 12.7. The second-order valence-corrected chi connectivity index (χ2v) is 5.89. The Morgan fingerprint density at radius 1 is 1.22 bits per heavy atom. The van der Waals surface area contributed by atoms with Gasteiger partial charge in [-0.05, 0) is 23.8 Å². The molecule has 3 rings (SSSR count). The van der Waals surface area contributed by atoms with Crippen molar-refractivity contribution < 1.29 is 19.5 Å². The molecule has 1 aromatic carbocycles. The summed E-state index contributed by atoms with van der Waals surface area (Å²) in [5, 5.41) is 15.1. The van der Waals surface area contributed by atoms with Gasteiger partial charge in [0.2, 0.25) is 5.91 Å². The van der Waals surface area contributed by atoms with E-state index in [0.29, 0.717) is 22.3 Å². The standard InChI is InChI=1S/C18H17N5O4/c1-10(24)22-12-4-2-3-11(7-12)14(8-15(25)26)23-18(27)16-13-5-6-19-17(13)21-9-20-16/h2-7,9,14H,8H2,1H3,(H,22,24)(H,23,27)(H,25,26)(H,19,20,21)/t14-/m1/s1. The van der Waals surface area contributed by atoms with E-state index in [-0.39, 0.29) is 18.0 Å². The Labute approximate surface area is 153 Å². The van der Waals surface area contributed by atoms with Gasteiger partial charge in [0.15, 0.2) is 0 Å². The Morgan fingerprint density at radius 3 is 2.78 bits per heavy atom. The minimum atomic E-state index is -1.07. The van der Waals surface area contributed by atoms with Crippen LogP contribution in [-0.2, 0) is 9.59 Å². The minimum absolute atomic E-state index is 0.148. The average molecular weight is 367 g/mol. The zero-order chi connectivity index (χ0) is 19.4. The van der Waals surface area contributed by atoms with Crippen molar-refractivity contribution in [3.05, 3.63) is 54.1 Å². The largest absolute Gasteiger partial charge is 0.481 e. The van der Waals surface area contributed by atoms with Crippen LogP contribution in [0, 0.1) is 0 Å². The lowest BCUT2D eigenvalue weighted by Crippen LogP contribution is -2.31. The summed E-state index contributed by atoms with van der Waals surface area (Å²) in [5.41, 5.74) is 1.73. The fourth-order valence-corrected chi connectivity index (χ4v) is 2.74. The highest BCUT2D eigenvalue weighted by atomic mass is 16.4. The number of carbonyl (C=O) groups excluding carboxylic acids is 2. The molecule has 0 saturated carbocycles. The molecule has 0 saturated heterocycles. The number of hydrogen-bond acceptors (Lipinski definition) is 5. The van der Waals surface area contributed by atoms with Crippen molar-refractivity contribution in [3.8, 4) is 0 Å². The van der Waals surface area contributed by atoms with E-state index >= 15 is 0 Å².